The number of carbonyl (C=O) groups is 1. The van der Waals surface area contributed by atoms with Crippen molar-refractivity contribution in [1.82, 2.24) is 10.2 Å². The molecule has 0 saturated carbocycles. The fourth-order valence-electron chi connectivity index (χ4n) is 1.78. The molecule has 0 spiro atoms. The third-order valence-corrected chi connectivity index (χ3v) is 4.28. The molecule has 2 aromatic rings. The molecule has 7 nitrogen and oxygen atoms in total. The lowest BCUT2D eigenvalue weighted by Gasteiger charge is -2.12. The number of sulfonamides is 1. The fraction of sp³-hybridized carbons (Fsp3) is 0.167. The number of H-pyrrole nitrogens is 1. The second-order valence-corrected chi connectivity index (χ2v) is 5.92. The zero-order valence-electron chi connectivity index (χ0n) is 10.8. The summed E-state index contributed by atoms with van der Waals surface area (Å²) in [6.45, 7) is 3.20. The fourth-order valence-corrected chi connectivity index (χ4v) is 3.07. The Bertz CT molecular complexity index is 765. The van der Waals surface area contributed by atoms with E-state index in [2.05, 4.69) is 14.9 Å². The molecular weight excluding hydrogens is 282 g/mol. The van der Waals surface area contributed by atoms with Gasteiger partial charge in [-0.05, 0) is 25.5 Å². The number of hydrogen-bond donors (Lipinski definition) is 3. The maximum atomic E-state index is 12.2. The highest BCUT2D eigenvalue weighted by atomic mass is 32.2. The molecule has 106 valence electrons. The highest BCUT2D eigenvalue weighted by Crippen LogP contribution is 2.24. The number of aromatic carboxylic acids is 1. The summed E-state index contributed by atoms with van der Waals surface area (Å²) in [4.78, 5) is 11.1. The highest BCUT2D eigenvalue weighted by molar-refractivity contribution is 7.92. The van der Waals surface area contributed by atoms with Gasteiger partial charge in [-0.15, -0.1) is 0 Å². The van der Waals surface area contributed by atoms with Gasteiger partial charge in [0, 0.05) is 0 Å². The molecule has 0 radical (unpaired) electrons. The summed E-state index contributed by atoms with van der Waals surface area (Å²) >= 11 is 0. The van der Waals surface area contributed by atoms with E-state index in [1.54, 1.807) is 26.0 Å². The van der Waals surface area contributed by atoms with Crippen LogP contribution in [0.15, 0.2) is 29.3 Å². The number of carboxylic acid groups (broad SMARTS) is 1. The van der Waals surface area contributed by atoms with Gasteiger partial charge in [-0.3, -0.25) is 9.82 Å². The van der Waals surface area contributed by atoms with Gasteiger partial charge in [0.05, 0.1) is 23.1 Å². The Hall–Kier alpha value is -2.35. The van der Waals surface area contributed by atoms with Crippen molar-refractivity contribution in [2.75, 3.05) is 4.72 Å². The van der Waals surface area contributed by atoms with Crippen molar-refractivity contribution >= 4 is 21.7 Å². The van der Waals surface area contributed by atoms with Gasteiger partial charge in [0.15, 0.2) is 0 Å². The molecule has 0 aliphatic rings. The Kier molecular flexibility index (Phi) is 3.49. The standard InChI is InChI=1S/C12H13N3O4S/c1-7-4-3-5-9(12(16)17)11(7)15-20(18,19)10-6-13-14-8(10)2/h3-6,15H,1-2H3,(H,13,14)(H,16,17). The zero-order valence-corrected chi connectivity index (χ0v) is 11.7. The highest BCUT2D eigenvalue weighted by Gasteiger charge is 2.22. The van der Waals surface area contributed by atoms with Crippen LogP contribution in [0.5, 0.6) is 0 Å². The van der Waals surface area contributed by atoms with Gasteiger partial charge in [0.1, 0.15) is 4.90 Å². The molecule has 8 heteroatoms. The van der Waals surface area contributed by atoms with Crippen LogP contribution in [0.3, 0.4) is 0 Å². The quantitative estimate of drug-likeness (QED) is 0.791. The monoisotopic (exact) mass is 295 g/mol. The van der Waals surface area contributed by atoms with Crippen LogP contribution in [-0.2, 0) is 10.0 Å². The van der Waals surface area contributed by atoms with Crippen molar-refractivity contribution in [2.24, 2.45) is 0 Å². The van der Waals surface area contributed by atoms with Gasteiger partial charge in [0.25, 0.3) is 10.0 Å². The largest absolute Gasteiger partial charge is 0.478 e. The van der Waals surface area contributed by atoms with Gasteiger partial charge in [-0.2, -0.15) is 5.10 Å². The summed E-state index contributed by atoms with van der Waals surface area (Å²) in [5.74, 6) is -1.20. The molecule has 1 aromatic carbocycles. The van der Waals surface area contributed by atoms with Crippen LogP contribution in [0.25, 0.3) is 0 Å². The van der Waals surface area contributed by atoms with Crippen LogP contribution < -0.4 is 4.72 Å². The molecule has 3 N–H and O–H groups in total. The van der Waals surface area contributed by atoms with E-state index in [1.165, 1.54) is 12.3 Å². The Balaban J connectivity index is 2.50. The van der Waals surface area contributed by atoms with E-state index >= 15 is 0 Å². The van der Waals surface area contributed by atoms with Gasteiger partial charge in [-0.25, -0.2) is 13.2 Å². The predicted molar refractivity (Wildman–Crippen MR) is 72.3 cm³/mol. The summed E-state index contributed by atoms with van der Waals surface area (Å²) in [5, 5.41) is 15.3. The maximum absolute atomic E-state index is 12.2. The number of para-hydroxylation sites is 1. The van der Waals surface area contributed by atoms with E-state index in [0.29, 0.717) is 11.3 Å². The SMILES string of the molecule is Cc1cccc(C(=O)O)c1NS(=O)(=O)c1cn[nH]c1C. The lowest BCUT2D eigenvalue weighted by atomic mass is 10.1. The average Bonchev–Trinajstić information content (AvgIpc) is 2.78. The lowest BCUT2D eigenvalue weighted by Crippen LogP contribution is -2.17. The maximum Gasteiger partial charge on any atom is 0.337 e. The predicted octanol–water partition coefficient (Wildman–Crippen LogP) is 1.53. The molecule has 0 aliphatic heterocycles. The third kappa shape index (κ3) is 2.50. The van der Waals surface area contributed by atoms with Crippen LogP contribution in [0.1, 0.15) is 21.6 Å². The summed E-state index contributed by atoms with van der Waals surface area (Å²) < 4.78 is 26.8. The van der Waals surface area contributed by atoms with Crippen LogP contribution in [0, 0.1) is 13.8 Å². The number of aryl methyl sites for hydroxylation is 2. The van der Waals surface area contributed by atoms with Crippen molar-refractivity contribution in [1.29, 1.82) is 0 Å². The van der Waals surface area contributed by atoms with Crippen molar-refractivity contribution in [3.05, 3.63) is 41.2 Å². The summed E-state index contributed by atoms with van der Waals surface area (Å²) in [7, 11) is -3.89. The van der Waals surface area contributed by atoms with Crippen LogP contribution in [-0.4, -0.2) is 29.7 Å². The summed E-state index contributed by atoms with van der Waals surface area (Å²) in [5.41, 5.74) is 0.855. The van der Waals surface area contributed by atoms with Crippen molar-refractivity contribution in [3.8, 4) is 0 Å². The topological polar surface area (TPSA) is 112 Å². The Morgan fingerprint density at radius 2 is 2.05 bits per heavy atom. The molecule has 1 aromatic heterocycles. The van der Waals surface area contributed by atoms with Crippen LogP contribution in [0.4, 0.5) is 5.69 Å². The normalized spacial score (nSPS) is 11.3. The first-order valence-electron chi connectivity index (χ1n) is 5.68. The Labute approximate surface area is 115 Å². The number of hydrogen-bond acceptors (Lipinski definition) is 4. The van der Waals surface area contributed by atoms with Crippen LogP contribution in [0.2, 0.25) is 0 Å². The number of nitrogens with one attached hydrogen (secondary N) is 2. The van der Waals surface area contributed by atoms with Gasteiger partial charge in [-0.1, -0.05) is 12.1 Å². The molecule has 0 amide bonds. The number of nitrogens with zero attached hydrogens (tertiary/aromatic N) is 1. The van der Waals surface area contributed by atoms with Crippen molar-refractivity contribution < 1.29 is 18.3 Å². The van der Waals surface area contributed by atoms with Gasteiger partial charge in [0.2, 0.25) is 0 Å². The molecule has 0 bridgehead atoms. The molecule has 2 rings (SSSR count). The van der Waals surface area contributed by atoms with E-state index < -0.39 is 16.0 Å². The number of anilines is 1. The molecule has 0 unspecified atom stereocenters. The molecule has 0 fully saturated rings. The van der Waals surface area contributed by atoms with Crippen molar-refractivity contribution in [2.45, 2.75) is 18.7 Å². The Morgan fingerprint density at radius 3 is 2.60 bits per heavy atom. The number of rotatable bonds is 4. The molecule has 0 aliphatic carbocycles. The second-order valence-electron chi connectivity index (χ2n) is 4.27. The summed E-state index contributed by atoms with van der Waals surface area (Å²) in [6.07, 6.45) is 1.18. The number of carboxylic acids is 1. The molecule has 0 saturated heterocycles. The van der Waals surface area contributed by atoms with E-state index in [4.69, 9.17) is 5.11 Å². The second kappa shape index (κ2) is 4.97. The van der Waals surface area contributed by atoms with E-state index in [0.717, 1.165) is 0 Å². The first-order chi connectivity index (χ1) is 9.33. The Morgan fingerprint density at radius 1 is 1.35 bits per heavy atom. The third-order valence-electron chi connectivity index (χ3n) is 2.81. The lowest BCUT2D eigenvalue weighted by molar-refractivity contribution is 0.0698. The van der Waals surface area contributed by atoms with Crippen molar-refractivity contribution in [3.63, 3.8) is 0 Å². The van der Waals surface area contributed by atoms with Gasteiger partial charge < -0.3 is 5.11 Å². The minimum absolute atomic E-state index is 0.0166. The smallest absolute Gasteiger partial charge is 0.337 e. The van der Waals surface area contributed by atoms with Crippen LogP contribution >= 0.6 is 0 Å². The minimum Gasteiger partial charge on any atom is -0.478 e. The minimum atomic E-state index is -3.89. The summed E-state index contributed by atoms with van der Waals surface area (Å²) in [6, 6.07) is 4.53. The first-order valence-corrected chi connectivity index (χ1v) is 7.17. The molecule has 1 heterocycles. The number of aromatic amines is 1. The number of benzene rings is 1. The average molecular weight is 295 g/mol. The van der Waals surface area contributed by atoms with E-state index in [1.807, 2.05) is 0 Å². The zero-order chi connectivity index (χ0) is 14.9. The molecular formula is C12H13N3O4S. The first kappa shape index (κ1) is 14.1. The molecule has 20 heavy (non-hydrogen) atoms. The van der Waals surface area contributed by atoms with Gasteiger partial charge >= 0.3 is 5.97 Å². The number of aromatic nitrogens is 2. The van der Waals surface area contributed by atoms with E-state index in [9.17, 15) is 13.2 Å². The van der Waals surface area contributed by atoms with E-state index in [-0.39, 0.29) is 16.1 Å². The molecule has 0 atom stereocenters.